The standard InChI is InChI=1S/C23H22ClNO5/c24-18-9-5-4-8-17(18)21-20(19(27)11-10-16-6-2-1-3-7-16)22(28)23(29)25(21)12-14-30-15-13-26/h1-11,21,26,28H,12-15H2. The molecule has 0 saturated heterocycles. The van der Waals surface area contributed by atoms with Gasteiger partial charge in [-0.05, 0) is 23.3 Å². The van der Waals surface area contributed by atoms with E-state index in [2.05, 4.69) is 0 Å². The predicted octanol–water partition coefficient (Wildman–Crippen LogP) is 3.33. The van der Waals surface area contributed by atoms with Gasteiger partial charge in [-0.1, -0.05) is 66.2 Å². The van der Waals surface area contributed by atoms with Crippen LogP contribution in [0.5, 0.6) is 0 Å². The summed E-state index contributed by atoms with van der Waals surface area (Å²) in [6.07, 6.45) is 2.97. The number of ketones is 1. The first-order valence-corrected chi connectivity index (χ1v) is 9.87. The quantitative estimate of drug-likeness (QED) is 0.473. The van der Waals surface area contributed by atoms with E-state index in [9.17, 15) is 14.7 Å². The number of benzene rings is 2. The lowest BCUT2D eigenvalue weighted by Gasteiger charge is -2.27. The Balaban J connectivity index is 1.94. The van der Waals surface area contributed by atoms with Crippen LogP contribution in [0.4, 0.5) is 0 Å². The van der Waals surface area contributed by atoms with E-state index in [0.717, 1.165) is 5.56 Å². The van der Waals surface area contributed by atoms with Crippen LogP contribution in [-0.4, -0.2) is 53.2 Å². The average molecular weight is 428 g/mol. The first-order chi connectivity index (χ1) is 14.5. The van der Waals surface area contributed by atoms with Crippen molar-refractivity contribution in [3.63, 3.8) is 0 Å². The molecular formula is C23H22ClNO5. The lowest BCUT2D eigenvalue weighted by Crippen LogP contribution is -2.34. The van der Waals surface area contributed by atoms with Crippen molar-refractivity contribution >= 4 is 29.4 Å². The maximum Gasteiger partial charge on any atom is 0.290 e. The minimum atomic E-state index is -0.836. The van der Waals surface area contributed by atoms with E-state index in [1.165, 1.54) is 11.0 Å². The third kappa shape index (κ3) is 4.79. The number of nitrogens with zero attached hydrogens (tertiary/aromatic N) is 1. The number of carbonyl (C=O) groups is 2. The third-order valence-corrected chi connectivity index (χ3v) is 5.05. The highest BCUT2D eigenvalue weighted by Gasteiger charge is 2.43. The molecule has 0 saturated carbocycles. The van der Waals surface area contributed by atoms with Crippen molar-refractivity contribution in [3.05, 3.63) is 88.2 Å². The van der Waals surface area contributed by atoms with Crippen LogP contribution < -0.4 is 0 Å². The van der Waals surface area contributed by atoms with Crippen LogP contribution in [0.15, 0.2) is 72.0 Å². The Morgan fingerprint density at radius 1 is 1.10 bits per heavy atom. The summed E-state index contributed by atoms with van der Waals surface area (Å²) < 4.78 is 5.27. The second-order valence-electron chi connectivity index (χ2n) is 6.63. The lowest BCUT2D eigenvalue weighted by atomic mass is 9.95. The fourth-order valence-corrected chi connectivity index (χ4v) is 3.55. The van der Waals surface area contributed by atoms with Crippen molar-refractivity contribution in [3.8, 4) is 0 Å². The van der Waals surface area contributed by atoms with E-state index in [0.29, 0.717) is 10.6 Å². The average Bonchev–Trinajstić information content (AvgIpc) is 3.01. The topological polar surface area (TPSA) is 87.1 Å². The van der Waals surface area contributed by atoms with E-state index < -0.39 is 23.5 Å². The van der Waals surface area contributed by atoms with Crippen LogP contribution in [0.2, 0.25) is 5.02 Å². The van der Waals surface area contributed by atoms with Crippen LogP contribution in [0.25, 0.3) is 6.08 Å². The Hall–Kier alpha value is -2.93. The molecule has 0 radical (unpaired) electrons. The monoisotopic (exact) mass is 427 g/mol. The summed E-state index contributed by atoms with van der Waals surface area (Å²) in [5, 5.41) is 19.8. The Kier molecular flexibility index (Phi) is 7.41. The fourth-order valence-electron chi connectivity index (χ4n) is 3.31. The Labute approximate surface area is 179 Å². The molecule has 1 unspecified atom stereocenters. The number of amides is 1. The summed E-state index contributed by atoms with van der Waals surface area (Å²) in [7, 11) is 0. The van der Waals surface area contributed by atoms with Gasteiger partial charge in [0.2, 0.25) is 0 Å². The molecule has 0 aromatic heterocycles. The summed E-state index contributed by atoms with van der Waals surface area (Å²) in [4.78, 5) is 27.1. The number of rotatable bonds is 9. The van der Waals surface area contributed by atoms with Crippen molar-refractivity contribution in [2.75, 3.05) is 26.4 Å². The molecule has 0 aliphatic carbocycles. The highest BCUT2D eigenvalue weighted by Crippen LogP contribution is 2.40. The number of hydrogen-bond acceptors (Lipinski definition) is 5. The molecule has 7 heteroatoms. The molecule has 1 aliphatic heterocycles. The van der Waals surface area contributed by atoms with Crippen molar-refractivity contribution < 1.29 is 24.5 Å². The molecule has 2 aromatic rings. The van der Waals surface area contributed by atoms with Gasteiger partial charge >= 0.3 is 0 Å². The van der Waals surface area contributed by atoms with Crippen LogP contribution in [0, 0.1) is 0 Å². The maximum atomic E-state index is 13.0. The number of allylic oxidation sites excluding steroid dienone is 1. The van der Waals surface area contributed by atoms with Crippen LogP contribution in [-0.2, 0) is 14.3 Å². The van der Waals surface area contributed by atoms with E-state index in [4.69, 9.17) is 21.4 Å². The molecule has 156 valence electrons. The number of aliphatic hydroxyl groups excluding tert-OH is 2. The van der Waals surface area contributed by atoms with Gasteiger partial charge in [-0.25, -0.2) is 0 Å². The van der Waals surface area contributed by atoms with Crippen molar-refractivity contribution in [2.45, 2.75) is 6.04 Å². The van der Waals surface area contributed by atoms with Crippen molar-refractivity contribution in [1.82, 2.24) is 4.90 Å². The summed E-state index contributed by atoms with van der Waals surface area (Å²) in [6, 6.07) is 15.3. The van der Waals surface area contributed by atoms with Crippen molar-refractivity contribution in [2.24, 2.45) is 0 Å². The third-order valence-electron chi connectivity index (χ3n) is 4.71. The van der Waals surface area contributed by atoms with E-state index >= 15 is 0 Å². The highest BCUT2D eigenvalue weighted by molar-refractivity contribution is 6.31. The smallest absolute Gasteiger partial charge is 0.290 e. The number of carbonyl (C=O) groups excluding carboxylic acids is 2. The molecule has 2 aromatic carbocycles. The summed E-state index contributed by atoms with van der Waals surface area (Å²) in [5.74, 6) is -1.73. The number of hydrogen-bond donors (Lipinski definition) is 2. The molecule has 0 fully saturated rings. The molecular weight excluding hydrogens is 406 g/mol. The Bertz CT molecular complexity index is 971. The predicted molar refractivity (Wildman–Crippen MR) is 114 cm³/mol. The fraction of sp³-hybridized carbons (Fsp3) is 0.217. The highest BCUT2D eigenvalue weighted by atomic mass is 35.5. The first kappa shape index (κ1) is 21.8. The molecule has 1 atom stereocenters. The van der Waals surface area contributed by atoms with Gasteiger partial charge in [0, 0.05) is 11.6 Å². The van der Waals surface area contributed by atoms with Gasteiger partial charge in [-0.3, -0.25) is 9.59 Å². The van der Waals surface area contributed by atoms with Crippen molar-refractivity contribution in [1.29, 1.82) is 0 Å². The van der Waals surface area contributed by atoms with Gasteiger partial charge in [0.05, 0.1) is 31.4 Å². The molecule has 0 spiro atoms. The SMILES string of the molecule is O=C(C=Cc1ccccc1)C1=C(O)C(=O)N(CCOCCO)C1c1ccccc1Cl. The number of aliphatic hydroxyl groups is 2. The molecule has 1 heterocycles. The van der Waals surface area contributed by atoms with Crippen LogP contribution >= 0.6 is 11.6 Å². The summed E-state index contributed by atoms with van der Waals surface area (Å²) in [5.41, 5.74) is 1.33. The normalized spacial score (nSPS) is 16.7. The molecule has 2 N–H and O–H groups in total. The van der Waals surface area contributed by atoms with Gasteiger partial charge < -0.3 is 19.8 Å². The largest absolute Gasteiger partial charge is 0.503 e. The van der Waals surface area contributed by atoms with E-state index in [-0.39, 0.29) is 31.9 Å². The number of ether oxygens (including phenoxy) is 1. The second-order valence-corrected chi connectivity index (χ2v) is 7.04. The van der Waals surface area contributed by atoms with Gasteiger partial charge in [0.25, 0.3) is 5.91 Å². The van der Waals surface area contributed by atoms with Gasteiger partial charge in [-0.15, -0.1) is 0 Å². The minimum Gasteiger partial charge on any atom is -0.503 e. The zero-order valence-corrected chi connectivity index (χ0v) is 17.0. The van der Waals surface area contributed by atoms with E-state index in [1.54, 1.807) is 30.3 Å². The van der Waals surface area contributed by atoms with Gasteiger partial charge in [0.1, 0.15) is 0 Å². The zero-order valence-electron chi connectivity index (χ0n) is 16.2. The molecule has 1 amide bonds. The summed E-state index contributed by atoms with van der Waals surface area (Å²) >= 11 is 6.36. The van der Waals surface area contributed by atoms with Crippen LogP contribution in [0.3, 0.4) is 0 Å². The molecule has 0 bridgehead atoms. The van der Waals surface area contributed by atoms with Crippen LogP contribution in [0.1, 0.15) is 17.2 Å². The molecule has 6 nitrogen and oxygen atoms in total. The Morgan fingerprint density at radius 2 is 1.80 bits per heavy atom. The first-order valence-electron chi connectivity index (χ1n) is 9.49. The molecule has 30 heavy (non-hydrogen) atoms. The minimum absolute atomic E-state index is 0.0255. The van der Waals surface area contributed by atoms with Gasteiger partial charge in [-0.2, -0.15) is 0 Å². The maximum absolute atomic E-state index is 13.0. The molecule has 3 rings (SSSR count). The van der Waals surface area contributed by atoms with Gasteiger partial charge in [0.15, 0.2) is 11.5 Å². The van der Waals surface area contributed by atoms with E-state index in [1.807, 2.05) is 30.3 Å². The molecule has 1 aliphatic rings. The Morgan fingerprint density at radius 3 is 2.50 bits per heavy atom. The summed E-state index contributed by atoms with van der Waals surface area (Å²) in [6.45, 7) is 0.253. The zero-order chi connectivity index (χ0) is 21.5. The second kappa shape index (κ2) is 10.2. The number of halogens is 1. The lowest BCUT2D eigenvalue weighted by molar-refractivity contribution is -0.130.